The van der Waals surface area contributed by atoms with Crippen LogP contribution in [-0.4, -0.2) is 8.42 Å². The first-order valence-corrected chi connectivity index (χ1v) is 6.46. The monoisotopic (exact) mass is 264 g/mol. The number of nitriles is 1. The van der Waals surface area contributed by atoms with Crippen molar-refractivity contribution in [3.63, 3.8) is 0 Å². The fraction of sp³-hybridized carbons (Fsp3) is 0.125. The van der Waals surface area contributed by atoms with E-state index >= 15 is 0 Å². The van der Waals surface area contributed by atoms with Crippen LogP contribution < -0.4 is 5.73 Å². The van der Waals surface area contributed by atoms with Crippen LogP contribution in [0.1, 0.15) is 11.1 Å². The predicted octanol–water partition coefficient (Wildman–Crippen LogP) is 1.60. The molecule has 0 aliphatic heterocycles. The van der Waals surface area contributed by atoms with E-state index in [-0.39, 0.29) is 27.6 Å². The van der Waals surface area contributed by atoms with E-state index in [0.717, 1.165) is 0 Å². The Morgan fingerprint density at radius 2 is 2.07 bits per heavy atom. The summed E-state index contributed by atoms with van der Waals surface area (Å²) >= 11 is 5.79. The Hall–Kier alpha value is -0.800. The molecule has 0 aromatic heterocycles. The van der Waals surface area contributed by atoms with Crippen molar-refractivity contribution in [2.75, 3.05) is 0 Å². The molecule has 0 radical (unpaired) electrons. The van der Waals surface area contributed by atoms with E-state index in [1.54, 1.807) is 0 Å². The molecule has 0 saturated carbocycles. The number of benzene rings is 1. The van der Waals surface area contributed by atoms with Crippen LogP contribution in [0, 0.1) is 11.3 Å². The molecule has 0 aliphatic rings. The van der Waals surface area contributed by atoms with Gasteiger partial charge in [-0.15, -0.1) is 0 Å². The molecule has 1 rings (SSSR count). The number of rotatable bonds is 2. The second-order valence-electron chi connectivity index (χ2n) is 2.66. The van der Waals surface area contributed by atoms with Crippen LogP contribution in [-0.2, 0) is 15.6 Å². The molecule has 0 spiro atoms. The average molecular weight is 265 g/mol. The normalized spacial score (nSPS) is 11.1. The largest absolute Gasteiger partial charge is 0.326 e. The molecule has 80 valence electrons. The van der Waals surface area contributed by atoms with Gasteiger partial charge in [0.05, 0.1) is 15.5 Å². The lowest BCUT2D eigenvalue weighted by atomic mass is 10.1. The Morgan fingerprint density at radius 1 is 1.47 bits per heavy atom. The van der Waals surface area contributed by atoms with Gasteiger partial charge in [0.15, 0.2) is 0 Å². The van der Waals surface area contributed by atoms with Gasteiger partial charge in [-0.2, -0.15) is 5.26 Å². The molecule has 4 nitrogen and oxygen atoms in total. The highest BCUT2D eigenvalue weighted by molar-refractivity contribution is 8.13. The highest BCUT2D eigenvalue weighted by Crippen LogP contribution is 2.28. The van der Waals surface area contributed by atoms with Crippen LogP contribution in [0.4, 0.5) is 0 Å². The molecule has 0 bridgehead atoms. The lowest BCUT2D eigenvalue weighted by molar-refractivity contribution is 0.608. The summed E-state index contributed by atoms with van der Waals surface area (Å²) in [7, 11) is 1.29. The van der Waals surface area contributed by atoms with Crippen molar-refractivity contribution in [3.05, 3.63) is 28.3 Å². The van der Waals surface area contributed by atoms with Crippen molar-refractivity contribution >= 4 is 31.3 Å². The summed E-state index contributed by atoms with van der Waals surface area (Å²) in [6.45, 7) is -0.102. The van der Waals surface area contributed by atoms with Gasteiger partial charge < -0.3 is 5.73 Å². The van der Waals surface area contributed by atoms with Crippen molar-refractivity contribution in [1.29, 1.82) is 5.26 Å². The first-order valence-electron chi connectivity index (χ1n) is 3.78. The number of nitrogens with two attached hydrogens (primary N) is 1. The van der Waals surface area contributed by atoms with Crippen molar-refractivity contribution in [2.45, 2.75) is 11.4 Å². The fourth-order valence-corrected chi connectivity index (χ4v) is 2.59. The minimum Gasteiger partial charge on any atom is -0.326 e. The van der Waals surface area contributed by atoms with Crippen LogP contribution >= 0.6 is 22.3 Å². The van der Waals surface area contributed by atoms with Gasteiger partial charge in [0.25, 0.3) is 9.05 Å². The van der Waals surface area contributed by atoms with E-state index in [2.05, 4.69) is 0 Å². The Morgan fingerprint density at radius 3 is 2.47 bits per heavy atom. The summed E-state index contributed by atoms with van der Waals surface area (Å²) < 4.78 is 22.3. The highest BCUT2D eigenvalue weighted by Gasteiger charge is 2.19. The Balaban J connectivity index is 3.61. The molecule has 0 fully saturated rings. The van der Waals surface area contributed by atoms with Gasteiger partial charge in [-0.05, 0) is 12.1 Å². The first-order chi connectivity index (χ1) is 6.91. The number of nitrogens with zero attached hydrogens (tertiary/aromatic N) is 1. The van der Waals surface area contributed by atoms with Crippen LogP contribution in [0.5, 0.6) is 0 Å². The van der Waals surface area contributed by atoms with Gasteiger partial charge in [0, 0.05) is 22.8 Å². The molecule has 15 heavy (non-hydrogen) atoms. The second kappa shape index (κ2) is 4.37. The maximum Gasteiger partial charge on any atom is 0.261 e. The lowest BCUT2D eigenvalue weighted by Gasteiger charge is -2.07. The quantitative estimate of drug-likeness (QED) is 0.823. The molecule has 7 heteroatoms. The molecular formula is C8H6Cl2N2O2S. The van der Waals surface area contributed by atoms with E-state index in [1.807, 2.05) is 6.07 Å². The molecule has 0 amide bonds. The maximum atomic E-state index is 11.1. The zero-order valence-electron chi connectivity index (χ0n) is 7.37. The van der Waals surface area contributed by atoms with E-state index in [4.69, 9.17) is 33.3 Å². The van der Waals surface area contributed by atoms with Gasteiger partial charge in [-0.3, -0.25) is 0 Å². The first kappa shape index (κ1) is 12.3. The molecule has 1 aromatic carbocycles. The van der Waals surface area contributed by atoms with Gasteiger partial charge in [-0.25, -0.2) is 8.42 Å². The Kier molecular flexibility index (Phi) is 3.58. The maximum absolute atomic E-state index is 11.1. The van der Waals surface area contributed by atoms with E-state index in [9.17, 15) is 8.42 Å². The Labute approximate surface area is 96.6 Å². The summed E-state index contributed by atoms with van der Waals surface area (Å²) in [6, 6.07) is 4.33. The second-order valence-corrected chi connectivity index (χ2v) is 5.57. The SMILES string of the molecule is N#Cc1ccc(S(=O)(=O)Cl)c(CN)c1Cl. The van der Waals surface area contributed by atoms with Crippen LogP contribution in [0.25, 0.3) is 0 Å². The summed E-state index contributed by atoms with van der Waals surface area (Å²) in [5.41, 5.74) is 5.68. The molecule has 0 aliphatic carbocycles. The molecular weight excluding hydrogens is 259 g/mol. The minimum absolute atomic E-state index is 0.0294. The number of hydrogen-bond acceptors (Lipinski definition) is 4. The van der Waals surface area contributed by atoms with Gasteiger partial charge in [0.2, 0.25) is 0 Å². The summed E-state index contributed by atoms with van der Waals surface area (Å²) in [6.07, 6.45) is 0. The Bertz CT molecular complexity index is 534. The van der Waals surface area contributed by atoms with Crippen molar-refractivity contribution < 1.29 is 8.42 Å². The standard InChI is InChI=1S/C8H6Cl2N2O2S/c9-8-5(3-11)1-2-7(6(8)4-12)15(10,13)14/h1-2H,4,12H2. The molecule has 1 aromatic rings. The topological polar surface area (TPSA) is 84.0 Å². The van der Waals surface area contributed by atoms with E-state index < -0.39 is 9.05 Å². The molecule has 2 N–H and O–H groups in total. The highest BCUT2D eigenvalue weighted by atomic mass is 35.7. The van der Waals surface area contributed by atoms with Gasteiger partial charge in [0.1, 0.15) is 6.07 Å². The molecule has 0 unspecified atom stereocenters. The third-order valence-electron chi connectivity index (χ3n) is 1.79. The average Bonchev–Trinajstić information content (AvgIpc) is 2.15. The summed E-state index contributed by atoms with van der Waals surface area (Å²) in [5, 5.41) is 8.70. The van der Waals surface area contributed by atoms with Crippen molar-refractivity contribution in [1.82, 2.24) is 0 Å². The molecule has 0 atom stereocenters. The third kappa shape index (κ3) is 2.41. The predicted molar refractivity (Wildman–Crippen MR) is 57.1 cm³/mol. The third-order valence-corrected chi connectivity index (χ3v) is 3.63. The number of hydrogen-bond donors (Lipinski definition) is 1. The van der Waals surface area contributed by atoms with Crippen LogP contribution in [0.2, 0.25) is 5.02 Å². The zero-order valence-corrected chi connectivity index (χ0v) is 9.70. The van der Waals surface area contributed by atoms with Crippen molar-refractivity contribution in [2.24, 2.45) is 5.73 Å². The zero-order chi connectivity index (χ0) is 11.6. The molecule has 0 heterocycles. The fourth-order valence-electron chi connectivity index (χ4n) is 1.11. The van der Waals surface area contributed by atoms with Crippen LogP contribution in [0.3, 0.4) is 0 Å². The minimum atomic E-state index is -3.89. The molecule has 0 saturated heterocycles. The smallest absolute Gasteiger partial charge is 0.261 e. The summed E-state index contributed by atoms with van der Waals surface area (Å²) in [4.78, 5) is -0.157. The van der Waals surface area contributed by atoms with E-state index in [1.165, 1.54) is 12.1 Å². The summed E-state index contributed by atoms with van der Waals surface area (Å²) in [5.74, 6) is 0. The van der Waals surface area contributed by atoms with Gasteiger partial charge >= 0.3 is 0 Å². The van der Waals surface area contributed by atoms with E-state index in [0.29, 0.717) is 0 Å². The number of halogens is 2. The van der Waals surface area contributed by atoms with Crippen LogP contribution in [0.15, 0.2) is 17.0 Å². The lowest BCUT2D eigenvalue weighted by Crippen LogP contribution is -2.05. The van der Waals surface area contributed by atoms with Gasteiger partial charge in [-0.1, -0.05) is 11.6 Å². The van der Waals surface area contributed by atoms with Crippen molar-refractivity contribution in [3.8, 4) is 6.07 Å².